The number of carbonyl (C=O) groups is 2. The molecule has 8 heteroatoms. The number of rotatable bonds is 1. The van der Waals surface area contributed by atoms with Gasteiger partial charge in [-0.2, -0.15) is 8.42 Å². The first-order valence-corrected chi connectivity index (χ1v) is 4.16. The summed E-state index contributed by atoms with van der Waals surface area (Å²) >= 11 is 0. The number of cyclic esters (lactones) is 2. The largest absolute Gasteiger partial charge is 0.390 e. The van der Waals surface area contributed by atoms with Gasteiger partial charge in [0.1, 0.15) is 6.42 Å². The normalized spacial score (nSPS) is 30.5. The van der Waals surface area contributed by atoms with Gasteiger partial charge in [0.2, 0.25) is 0 Å². The van der Waals surface area contributed by atoms with Crippen LogP contribution in [-0.2, 0) is 24.4 Å². The zero-order chi connectivity index (χ0) is 9.57. The van der Waals surface area contributed by atoms with E-state index < -0.39 is 33.4 Å². The van der Waals surface area contributed by atoms with Crippen molar-refractivity contribution in [2.45, 2.75) is 11.4 Å². The molecule has 0 aromatic heterocycles. The van der Waals surface area contributed by atoms with Crippen molar-refractivity contribution in [3.05, 3.63) is 0 Å². The summed E-state index contributed by atoms with van der Waals surface area (Å²) in [6.45, 7) is 0. The van der Waals surface area contributed by atoms with Crippen LogP contribution in [-0.4, -0.2) is 34.9 Å². The van der Waals surface area contributed by atoms with Crippen molar-refractivity contribution in [1.82, 2.24) is 0 Å². The Balaban J connectivity index is 3.18. The highest BCUT2D eigenvalue weighted by molar-refractivity contribution is 7.88. The molecule has 0 aromatic rings. The summed E-state index contributed by atoms with van der Waals surface area (Å²) < 4.78 is 32.8. The van der Waals surface area contributed by atoms with Crippen LogP contribution in [0.1, 0.15) is 6.42 Å². The third-order valence-electron chi connectivity index (χ3n) is 1.34. The minimum atomic E-state index is -5.02. The molecule has 1 unspecified atom stereocenters. The lowest BCUT2D eigenvalue weighted by Gasteiger charge is -2.10. The van der Waals surface area contributed by atoms with Crippen molar-refractivity contribution < 1.29 is 32.4 Å². The van der Waals surface area contributed by atoms with Crippen LogP contribution in [0.4, 0.5) is 0 Å². The summed E-state index contributed by atoms with van der Waals surface area (Å²) in [7, 11) is -5.02. The molecule has 0 spiro atoms. The van der Waals surface area contributed by atoms with Crippen LogP contribution in [0.15, 0.2) is 0 Å². The van der Waals surface area contributed by atoms with Gasteiger partial charge in [0.05, 0.1) is 0 Å². The van der Waals surface area contributed by atoms with Gasteiger partial charge in [0, 0.05) is 0 Å². The average molecular weight is 196 g/mol. The van der Waals surface area contributed by atoms with Crippen LogP contribution in [0.25, 0.3) is 0 Å². The van der Waals surface area contributed by atoms with Crippen LogP contribution in [0, 0.1) is 0 Å². The number of esters is 2. The molecule has 7 nitrogen and oxygen atoms in total. The Labute approximate surface area is 66.7 Å². The van der Waals surface area contributed by atoms with Crippen molar-refractivity contribution in [1.29, 1.82) is 0 Å². The van der Waals surface area contributed by atoms with E-state index >= 15 is 0 Å². The number of carbonyl (C=O) groups excluding carboxylic acids is 2. The van der Waals surface area contributed by atoms with Crippen LogP contribution in [0.2, 0.25) is 0 Å². The number of ether oxygens (including phenoxy) is 1. The summed E-state index contributed by atoms with van der Waals surface area (Å²) in [6.07, 6.45) is -1.08. The average Bonchev–Trinajstić information content (AvgIpc) is 2.06. The lowest BCUT2D eigenvalue weighted by atomic mass is 10.3. The van der Waals surface area contributed by atoms with Crippen LogP contribution < -0.4 is 0 Å². The maximum atomic E-state index is 10.5. The van der Waals surface area contributed by atoms with Gasteiger partial charge >= 0.3 is 27.0 Å². The van der Waals surface area contributed by atoms with Crippen molar-refractivity contribution in [2.75, 3.05) is 0 Å². The van der Waals surface area contributed by atoms with E-state index in [1.54, 1.807) is 0 Å². The molecule has 0 bridgehead atoms. The molecule has 0 amide bonds. The van der Waals surface area contributed by atoms with Gasteiger partial charge in [-0.05, 0) is 0 Å². The lowest BCUT2D eigenvalue weighted by molar-refractivity contribution is -0.155. The van der Waals surface area contributed by atoms with Crippen LogP contribution in [0.3, 0.4) is 0 Å². The summed E-state index contributed by atoms with van der Waals surface area (Å²) in [6, 6.07) is 0. The lowest BCUT2D eigenvalue weighted by Crippen LogP contribution is -2.42. The first-order chi connectivity index (χ1) is 5.27. The third kappa shape index (κ3) is 1.09. The molecule has 1 aliphatic heterocycles. The van der Waals surface area contributed by atoms with E-state index in [9.17, 15) is 18.0 Å². The molecule has 0 radical (unpaired) electrons. The quantitative estimate of drug-likeness (QED) is 0.284. The Morgan fingerprint density at radius 2 is 1.92 bits per heavy atom. The van der Waals surface area contributed by atoms with Gasteiger partial charge in [0.25, 0.3) is 0 Å². The molecule has 1 atom stereocenters. The monoisotopic (exact) mass is 196 g/mol. The van der Waals surface area contributed by atoms with Crippen LogP contribution >= 0.6 is 0 Å². The van der Waals surface area contributed by atoms with Gasteiger partial charge in [-0.15, -0.1) is 0 Å². The fourth-order valence-corrected chi connectivity index (χ4v) is 1.24. The van der Waals surface area contributed by atoms with E-state index in [4.69, 9.17) is 9.66 Å². The Morgan fingerprint density at radius 3 is 2.08 bits per heavy atom. The van der Waals surface area contributed by atoms with E-state index in [0.29, 0.717) is 0 Å². The second-order valence-electron chi connectivity index (χ2n) is 2.20. The minimum Gasteiger partial charge on any atom is -0.390 e. The first kappa shape index (κ1) is 9.10. The molecule has 1 aliphatic rings. The smallest absolute Gasteiger partial charge is 0.365 e. The summed E-state index contributed by atoms with van der Waals surface area (Å²) in [5.74, 6) is -2.87. The minimum absolute atomic E-state index is 1.08. The molecule has 1 fully saturated rings. The highest BCUT2D eigenvalue weighted by atomic mass is 32.2. The first-order valence-electron chi connectivity index (χ1n) is 2.72. The Morgan fingerprint density at radius 1 is 1.42 bits per heavy atom. The van der Waals surface area contributed by atoms with Crippen molar-refractivity contribution in [3.8, 4) is 0 Å². The molecule has 0 aliphatic carbocycles. The highest BCUT2D eigenvalue weighted by Gasteiger charge is 2.58. The maximum absolute atomic E-state index is 10.5. The number of hydrogen-bond donors (Lipinski definition) is 2. The molecule has 12 heavy (non-hydrogen) atoms. The topological polar surface area (TPSA) is 118 Å². The summed E-state index contributed by atoms with van der Waals surface area (Å²) in [5, 5.41) is 8.93. The molecule has 0 aromatic carbocycles. The predicted octanol–water partition coefficient (Wildman–Crippen LogP) is -1.96. The summed E-state index contributed by atoms with van der Waals surface area (Å²) in [5.41, 5.74) is 0. The SMILES string of the molecule is O=C1CC(O)(S(=O)(=O)O)C(=O)O1. The van der Waals surface area contributed by atoms with Gasteiger partial charge in [-0.1, -0.05) is 0 Å². The Bertz CT molecular complexity index is 340. The van der Waals surface area contributed by atoms with E-state index in [-0.39, 0.29) is 0 Å². The molecule has 2 N–H and O–H groups in total. The van der Waals surface area contributed by atoms with Gasteiger partial charge in [-0.25, -0.2) is 4.79 Å². The van der Waals surface area contributed by atoms with Crippen molar-refractivity contribution in [3.63, 3.8) is 0 Å². The Kier molecular flexibility index (Phi) is 1.71. The molecule has 0 saturated carbocycles. The molecule has 1 heterocycles. The number of hydrogen-bond acceptors (Lipinski definition) is 6. The van der Waals surface area contributed by atoms with Crippen LogP contribution in [0.5, 0.6) is 0 Å². The molecule has 1 rings (SSSR count). The van der Waals surface area contributed by atoms with Gasteiger partial charge < -0.3 is 9.84 Å². The molecule has 1 saturated heterocycles. The molecular formula is C4H4O7S. The van der Waals surface area contributed by atoms with Gasteiger partial charge in [0.15, 0.2) is 0 Å². The van der Waals surface area contributed by atoms with E-state index in [1.807, 2.05) is 0 Å². The van der Waals surface area contributed by atoms with Crippen molar-refractivity contribution in [2.24, 2.45) is 0 Å². The standard InChI is InChI=1S/C4H4O7S/c5-2-1-4(7,3(6)11-2)12(8,9)10/h7H,1H2,(H,8,9,10). The van der Waals surface area contributed by atoms with E-state index in [2.05, 4.69) is 4.74 Å². The van der Waals surface area contributed by atoms with Crippen molar-refractivity contribution >= 4 is 22.1 Å². The maximum Gasteiger partial charge on any atom is 0.365 e. The number of aliphatic hydroxyl groups is 1. The van der Waals surface area contributed by atoms with E-state index in [0.717, 1.165) is 0 Å². The predicted molar refractivity (Wildman–Crippen MR) is 32.2 cm³/mol. The molecular weight excluding hydrogens is 192 g/mol. The summed E-state index contributed by atoms with van der Waals surface area (Å²) in [4.78, 5) is 17.7. The molecule has 68 valence electrons. The highest BCUT2D eigenvalue weighted by Crippen LogP contribution is 2.26. The second-order valence-corrected chi connectivity index (χ2v) is 3.82. The zero-order valence-corrected chi connectivity index (χ0v) is 6.37. The second kappa shape index (κ2) is 2.25. The van der Waals surface area contributed by atoms with E-state index in [1.165, 1.54) is 0 Å². The third-order valence-corrected chi connectivity index (χ3v) is 2.50. The van der Waals surface area contributed by atoms with Gasteiger partial charge in [-0.3, -0.25) is 9.35 Å². The fraction of sp³-hybridized carbons (Fsp3) is 0.500. The zero-order valence-electron chi connectivity index (χ0n) is 5.55. The fourth-order valence-electron chi connectivity index (χ4n) is 0.684. The Hall–Kier alpha value is -0.990.